The Balaban J connectivity index is 0.000000289. The number of hydrogen-bond donors (Lipinski definition) is 1. The second kappa shape index (κ2) is 17.8. The van der Waals surface area contributed by atoms with E-state index in [1.165, 1.54) is 0 Å². The first-order valence-corrected chi connectivity index (χ1v) is 17.8. The first kappa shape index (κ1) is 47.9. The fourth-order valence-electron chi connectivity index (χ4n) is 7.20. The standard InChI is InChI=1S/C24BF20.C17H13NOS/c26-5-1(6(27)14(35)21(42)13(5)34)25(2-7(28)15(36)22(43)16(37)8(2)29,3-9(30)17(38)23(44)18(39)10(3)31)4-11(32)19(40)24(45)20(41)12(4)33;19-15(13-6-2-1-3-7-13)12-18-11-5-9-14-8-4-10-16(20)17(14)18/h;1-11H,12H2/q-1;/p+1. The average Bonchev–Trinajstić information content (AvgIpc) is 3.29. The number of benzene rings is 6. The lowest BCUT2D eigenvalue weighted by Crippen LogP contribution is -2.81. The number of fused-ring (bicyclic) bond motifs is 1. The molecule has 1 heterocycles. The van der Waals surface area contributed by atoms with E-state index in [1.54, 1.807) is 0 Å². The SMILES string of the molecule is Fc1c(F)c(F)c([B-](c2c(F)c(F)c(F)c(F)c2F)(c2c(F)c(F)c(F)c(F)c2F)c2c(F)c(F)c(F)c(F)c2F)c(F)c1F.O=C(C[n+]1cccc2cccc(S)c21)c1ccccc1. The lowest BCUT2D eigenvalue weighted by molar-refractivity contribution is -0.658. The number of thiol groups is 1. The van der Waals surface area contributed by atoms with Crippen molar-refractivity contribution >= 4 is 57.3 Å². The molecule has 6 aromatic carbocycles. The Morgan fingerprint density at radius 3 is 1.00 bits per heavy atom. The average molecular weight is 959 g/mol. The van der Waals surface area contributed by atoms with Crippen molar-refractivity contribution in [3.63, 3.8) is 0 Å². The minimum absolute atomic E-state index is 0.0969. The van der Waals surface area contributed by atoms with E-state index in [2.05, 4.69) is 12.6 Å². The van der Waals surface area contributed by atoms with Crippen LogP contribution in [-0.4, -0.2) is 11.9 Å². The molecule has 0 fully saturated rings. The normalized spacial score (nSPS) is 11.6. The van der Waals surface area contributed by atoms with E-state index < -0.39 is 144 Å². The summed E-state index contributed by atoms with van der Waals surface area (Å²) in [5, 5.41) is 1.08. The van der Waals surface area contributed by atoms with Gasteiger partial charge in [-0.1, -0.05) is 36.4 Å². The van der Waals surface area contributed by atoms with Gasteiger partial charge in [-0.3, -0.25) is 4.79 Å². The maximum Gasteiger partial charge on any atom is 0.227 e. The lowest BCUT2D eigenvalue weighted by atomic mass is 9.12. The Bertz CT molecular complexity index is 2730. The van der Waals surface area contributed by atoms with E-state index >= 15 is 35.1 Å². The van der Waals surface area contributed by atoms with Crippen LogP contribution in [0.5, 0.6) is 0 Å². The van der Waals surface area contributed by atoms with Crippen LogP contribution in [0.3, 0.4) is 0 Å². The van der Waals surface area contributed by atoms with Crippen molar-refractivity contribution in [1.82, 2.24) is 0 Å². The number of nitrogens with zero attached hydrogens (tertiary/aromatic N) is 1. The van der Waals surface area contributed by atoms with Crippen molar-refractivity contribution in [3.8, 4) is 0 Å². The summed E-state index contributed by atoms with van der Waals surface area (Å²) >= 11 is 4.50. The Morgan fingerprint density at radius 1 is 0.385 bits per heavy atom. The predicted molar refractivity (Wildman–Crippen MR) is 191 cm³/mol. The summed E-state index contributed by atoms with van der Waals surface area (Å²) in [5.74, 6) is -71.3. The van der Waals surface area contributed by atoms with E-state index in [0.717, 1.165) is 21.4 Å². The summed E-state index contributed by atoms with van der Waals surface area (Å²) in [7, 11) is 0. The van der Waals surface area contributed by atoms with Gasteiger partial charge in [-0.15, -0.1) is 34.5 Å². The quantitative estimate of drug-likeness (QED) is 0.0322. The summed E-state index contributed by atoms with van der Waals surface area (Å²) < 4.78 is 296. The van der Waals surface area contributed by atoms with E-state index in [4.69, 9.17) is 0 Å². The zero-order valence-electron chi connectivity index (χ0n) is 31.0. The molecule has 0 unspecified atom stereocenters. The summed E-state index contributed by atoms with van der Waals surface area (Å²) in [6.07, 6.45) is -5.30. The topological polar surface area (TPSA) is 20.9 Å². The minimum atomic E-state index is -7.22. The van der Waals surface area contributed by atoms with Crippen molar-refractivity contribution in [2.45, 2.75) is 11.4 Å². The van der Waals surface area contributed by atoms with Gasteiger partial charge in [0.2, 0.25) is 17.8 Å². The van der Waals surface area contributed by atoms with Gasteiger partial charge in [0.1, 0.15) is 52.7 Å². The summed E-state index contributed by atoms with van der Waals surface area (Å²) in [5.41, 5.74) is -12.6. The molecule has 0 saturated heterocycles. The van der Waals surface area contributed by atoms with Gasteiger partial charge in [-0.2, -0.15) is 4.57 Å². The van der Waals surface area contributed by atoms with E-state index in [0.29, 0.717) is 6.54 Å². The van der Waals surface area contributed by atoms with Gasteiger partial charge >= 0.3 is 0 Å². The molecule has 0 bridgehead atoms. The Hall–Kier alpha value is -6.59. The molecule has 7 rings (SSSR count). The minimum Gasteiger partial charge on any atom is -0.287 e. The van der Waals surface area contributed by atoms with Crippen molar-refractivity contribution < 1.29 is 97.2 Å². The van der Waals surface area contributed by atoms with Crippen LogP contribution in [0.2, 0.25) is 0 Å². The molecule has 338 valence electrons. The zero-order valence-corrected chi connectivity index (χ0v) is 31.9. The number of aromatic nitrogens is 1. The molecule has 65 heavy (non-hydrogen) atoms. The van der Waals surface area contributed by atoms with Gasteiger partial charge < -0.3 is 0 Å². The monoisotopic (exact) mass is 959 g/mol. The Labute approximate surface area is 354 Å². The maximum atomic E-state index is 15.4. The molecule has 1 aromatic heterocycles. The third-order valence-corrected chi connectivity index (χ3v) is 10.4. The highest BCUT2D eigenvalue weighted by Gasteiger charge is 2.52. The number of halogens is 20. The highest BCUT2D eigenvalue weighted by atomic mass is 32.1. The van der Waals surface area contributed by atoms with Gasteiger partial charge in [-0.05, 0) is 18.2 Å². The third-order valence-electron chi connectivity index (χ3n) is 9.99. The van der Waals surface area contributed by atoms with Gasteiger partial charge in [-0.25, -0.2) is 87.8 Å². The molecule has 0 aliphatic rings. The van der Waals surface area contributed by atoms with E-state index in [1.807, 2.05) is 71.4 Å². The molecule has 0 aliphatic heterocycles. The molecule has 0 N–H and O–H groups in total. The second-order valence-electron chi connectivity index (χ2n) is 13.4. The van der Waals surface area contributed by atoms with Gasteiger partial charge in [0, 0.05) is 17.0 Å². The lowest BCUT2D eigenvalue weighted by Gasteiger charge is -2.44. The van der Waals surface area contributed by atoms with Crippen LogP contribution in [0.4, 0.5) is 87.8 Å². The third kappa shape index (κ3) is 7.49. The first-order valence-electron chi connectivity index (χ1n) is 17.4. The van der Waals surface area contributed by atoms with Gasteiger partial charge in [0.05, 0.1) is 4.90 Å². The second-order valence-corrected chi connectivity index (χ2v) is 13.9. The number of rotatable bonds is 7. The van der Waals surface area contributed by atoms with Gasteiger partial charge in [0.15, 0.2) is 76.0 Å². The number of ketones is 1. The van der Waals surface area contributed by atoms with Crippen LogP contribution in [0.25, 0.3) is 10.9 Å². The van der Waals surface area contributed by atoms with Crippen molar-refractivity contribution in [2.75, 3.05) is 0 Å². The number of pyridine rings is 1. The molecule has 7 aromatic rings. The molecule has 24 heteroatoms. The number of carbonyl (C=O) groups is 1. The highest BCUT2D eigenvalue weighted by Crippen LogP contribution is 2.31. The fourth-order valence-corrected chi connectivity index (χ4v) is 7.54. The van der Waals surface area contributed by atoms with Gasteiger partial charge in [0.25, 0.3) is 0 Å². The van der Waals surface area contributed by atoms with Crippen LogP contribution >= 0.6 is 12.6 Å². The molecule has 0 radical (unpaired) electrons. The Morgan fingerprint density at radius 2 is 0.677 bits per heavy atom. The maximum absolute atomic E-state index is 15.4. The van der Waals surface area contributed by atoms with Crippen molar-refractivity contribution in [3.05, 3.63) is 189 Å². The summed E-state index contributed by atoms with van der Waals surface area (Å²) in [4.78, 5) is 13.2. The highest BCUT2D eigenvalue weighted by molar-refractivity contribution is 7.80. The van der Waals surface area contributed by atoms with E-state index in [9.17, 15) is 57.5 Å². The summed E-state index contributed by atoms with van der Waals surface area (Å²) in [6.45, 7) is 0.318. The molecule has 2 nitrogen and oxygen atoms in total. The van der Waals surface area contributed by atoms with Crippen LogP contribution < -0.4 is 26.4 Å². The van der Waals surface area contributed by atoms with Crippen molar-refractivity contribution in [1.29, 1.82) is 0 Å². The number of carbonyl (C=O) groups excluding carboxylic acids is 1. The van der Waals surface area contributed by atoms with Crippen LogP contribution in [0.15, 0.2) is 71.8 Å². The summed E-state index contributed by atoms with van der Waals surface area (Å²) in [6, 6.07) is 19.3. The number of para-hydroxylation sites is 1. The number of hydrogen-bond acceptors (Lipinski definition) is 2. The van der Waals surface area contributed by atoms with Crippen LogP contribution in [0, 0.1) is 116 Å². The number of Topliss-reactive ketones (excluding diaryl/α,β-unsaturated/α-hetero) is 1. The predicted octanol–water partition coefficient (Wildman–Crippen LogP) is 9.14. The smallest absolute Gasteiger partial charge is 0.227 e. The molecule has 0 aliphatic carbocycles. The fraction of sp³-hybridized carbons (Fsp3) is 0.0244. The van der Waals surface area contributed by atoms with Crippen molar-refractivity contribution in [2.24, 2.45) is 0 Å². The molecule has 0 atom stereocenters. The van der Waals surface area contributed by atoms with Crippen LogP contribution in [-0.2, 0) is 6.54 Å². The molecular weight excluding hydrogens is 945 g/mol. The molecule has 0 amide bonds. The first-order chi connectivity index (χ1) is 30.5. The molecule has 0 saturated carbocycles. The molecular formula is C41H14BF20NOS. The largest absolute Gasteiger partial charge is 0.287 e. The zero-order chi connectivity index (χ0) is 48.3. The molecule has 0 spiro atoms. The van der Waals surface area contributed by atoms with Crippen LogP contribution in [0.1, 0.15) is 10.4 Å². The van der Waals surface area contributed by atoms with E-state index in [-0.39, 0.29) is 5.78 Å². The Kier molecular flexibility index (Phi) is 13.1.